The molecule has 0 bridgehead atoms. The van der Waals surface area contributed by atoms with Crippen LogP contribution in [0.2, 0.25) is 0 Å². The predicted molar refractivity (Wildman–Crippen MR) is 111 cm³/mol. The summed E-state index contributed by atoms with van der Waals surface area (Å²) in [6.07, 6.45) is 12.9. The maximum atomic E-state index is 11.4. The van der Waals surface area contributed by atoms with Crippen LogP contribution in [-0.2, 0) is 4.79 Å². The van der Waals surface area contributed by atoms with Crippen LogP contribution in [0.1, 0.15) is 64.7 Å². The quantitative estimate of drug-likeness (QED) is 0.228. The second kappa shape index (κ2) is 14.7. The normalized spacial score (nSPS) is 26.3. The molecule has 0 aromatic rings. The zero-order valence-corrected chi connectivity index (χ0v) is 17.2. The van der Waals surface area contributed by atoms with E-state index in [9.17, 15) is 20.1 Å². The molecule has 1 rings (SSSR count). The van der Waals surface area contributed by atoms with E-state index in [1.807, 2.05) is 18.2 Å². The first-order valence-corrected chi connectivity index (χ1v) is 10.7. The van der Waals surface area contributed by atoms with Gasteiger partial charge in [0.1, 0.15) is 0 Å². The van der Waals surface area contributed by atoms with Crippen LogP contribution in [0.4, 0.5) is 0 Å². The maximum Gasteiger partial charge on any atom is 0.220 e. The van der Waals surface area contributed by atoms with Gasteiger partial charge in [-0.1, -0.05) is 50.5 Å². The Balaban J connectivity index is 2.39. The molecule has 6 nitrogen and oxygen atoms in total. The summed E-state index contributed by atoms with van der Waals surface area (Å²) in [7, 11) is 0. The van der Waals surface area contributed by atoms with E-state index in [1.165, 1.54) is 0 Å². The Morgan fingerprint density at radius 2 is 1.96 bits per heavy atom. The third kappa shape index (κ3) is 9.82. The summed E-state index contributed by atoms with van der Waals surface area (Å²) in [6.45, 7) is 2.37. The Morgan fingerprint density at radius 1 is 1.18 bits per heavy atom. The van der Waals surface area contributed by atoms with Crippen molar-refractivity contribution in [3.8, 4) is 0 Å². The molecule has 5 atom stereocenters. The Bertz CT molecular complexity index is 480. The zero-order valence-electron chi connectivity index (χ0n) is 17.2. The van der Waals surface area contributed by atoms with E-state index in [-0.39, 0.29) is 24.3 Å². The van der Waals surface area contributed by atoms with Crippen molar-refractivity contribution in [3.63, 3.8) is 0 Å². The number of hydrogen-bond donors (Lipinski definition) is 5. The topological polar surface area (TPSA) is 110 Å². The minimum atomic E-state index is -0.581. The molecule has 0 heterocycles. The molecular weight excluding hydrogens is 358 g/mol. The lowest BCUT2D eigenvalue weighted by Gasteiger charge is -2.19. The van der Waals surface area contributed by atoms with Crippen LogP contribution in [-0.4, -0.2) is 57.8 Å². The summed E-state index contributed by atoms with van der Waals surface area (Å²) in [5.41, 5.74) is 0. The van der Waals surface area contributed by atoms with E-state index in [0.29, 0.717) is 25.8 Å². The van der Waals surface area contributed by atoms with E-state index in [0.717, 1.165) is 38.5 Å². The number of amides is 1. The number of aliphatic hydroxyl groups is 4. The summed E-state index contributed by atoms with van der Waals surface area (Å²) in [4.78, 5) is 11.4. The average molecular weight is 398 g/mol. The standard InChI is InChI=1S/C22H39NO5/c1-2-3-6-9-17(25)12-13-19-18(20(26)16-21(19)27)10-7-4-5-8-11-22(28)23-14-15-24/h4,7,12-13,17-21,24-27H,2-3,5-6,8-11,14-16H2,1H3,(H,23,28)/b7-4-,13-12+/t17-,18+,19+,20+,21+/m0/s1. The molecule has 0 unspecified atom stereocenters. The van der Waals surface area contributed by atoms with Gasteiger partial charge in [0, 0.05) is 25.3 Å². The first-order valence-electron chi connectivity index (χ1n) is 10.7. The zero-order chi connectivity index (χ0) is 20.8. The summed E-state index contributed by atoms with van der Waals surface area (Å²) in [5, 5.41) is 41.8. The van der Waals surface area contributed by atoms with Crippen molar-refractivity contribution in [2.45, 2.75) is 83.0 Å². The number of aliphatic hydroxyl groups excluding tert-OH is 4. The second-order valence-electron chi connectivity index (χ2n) is 7.73. The molecule has 1 fully saturated rings. The Hall–Kier alpha value is -1.21. The molecule has 0 spiro atoms. The SMILES string of the molecule is CCCCC[C@H](O)/C=C/[C@@H]1[C@@H](C/C=C\CCCC(=O)NCCO)[C@H](O)C[C@H]1O. The molecule has 1 saturated carbocycles. The molecule has 28 heavy (non-hydrogen) atoms. The lowest BCUT2D eigenvalue weighted by Crippen LogP contribution is -2.25. The molecule has 0 aromatic carbocycles. The van der Waals surface area contributed by atoms with Crippen LogP contribution >= 0.6 is 0 Å². The highest BCUT2D eigenvalue weighted by Crippen LogP contribution is 2.36. The van der Waals surface area contributed by atoms with Crippen LogP contribution in [0.15, 0.2) is 24.3 Å². The summed E-state index contributed by atoms with van der Waals surface area (Å²) >= 11 is 0. The molecule has 1 aliphatic rings. The average Bonchev–Trinajstić information content (AvgIpc) is 2.94. The van der Waals surface area contributed by atoms with Crippen LogP contribution in [0.3, 0.4) is 0 Å². The van der Waals surface area contributed by atoms with Crippen molar-refractivity contribution in [1.82, 2.24) is 5.32 Å². The van der Waals surface area contributed by atoms with Gasteiger partial charge in [-0.05, 0) is 31.6 Å². The van der Waals surface area contributed by atoms with E-state index < -0.39 is 18.3 Å². The number of rotatable bonds is 14. The van der Waals surface area contributed by atoms with Gasteiger partial charge >= 0.3 is 0 Å². The largest absolute Gasteiger partial charge is 0.395 e. The first kappa shape index (κ1) is 24.8. The van der Waals surface area contributed by atoms with Gasteiger partial charge in [0.15, 0.2) is 0 Å². The van der Waals surface area contributed by atoms with Gasteiger partial charge in [-0.3, -0.25) is 4.79 Å². The van der Waals surface area contributed by atoms with Crippen molar-refractivity contribution in [2.75, 3.05) is 13.2 Å². The third-order valence-corrected chi connectivity index (χ3v) is 5.36. The minimum absolute atomic E-state index is 0.0490. The fourth-order valence-corrected chi connectivity index (χ4v) is 3.70. The molecule has 1 amide bonds. The van der Waals surface area contributed by atoms with Crippen molar-refractivity contribution in [2.24, 2.45) is 11.8 Å². The summed E-state index contributed by atoms with van der Waals surface area (Å²) in [5.74, 6) is -0.262. The van der Waals surface area contributed by atoms with Gasteiger partial charge < -0.3 is 25.7 Å². The Labute approximate surface area is 169 Å². The molecule has 0 aromatic heterocycles. The minimum Gasteiger partial charge on any atom is -0.395 e. The molecule has 0 saturated heterocycles. The number of allylic oxidation sites excluding steroid dienone is 2. The monoisotopic (exact) mass is 397 g/mol. The number of hydrogen-bond acceptors (Lipinski definition) is 5. The van der Waals surface area contributed by atoms with Crippen LogP contribution in [0, 0.1) is 11.8 Å². The van der Waals surface area contributed by atoms with E-state index in [1.54, 1.807) is 6.08 Å². The molecule has 6 heteroatoms. The molecular formula is C22H39NO5. The summed E-state index contributed by atoms with van der Waals surface area (Å²) < 4.78 is 0. The molecule has 162 valence electrons. The molecule has 1 aliphatic carbocycles. The molecule has 0 radical (unpaired) electrons. The van der Waals surface area contributed by atoms with Gasteiger partial charge in [0.25, 0.3) is 0 Å². The van der Waals surface area contributed by atoms with Crippen LogP contribution < -0.4 is 5.32 Å². The van der Waals surface area contributed by atoms with E-state index in [4.69, 9.17) is 5.11 Å². The number of unbranched alkanes of at least 4 members (excludes halogenated alkanes) is 3. The van der Waals surface area contributed by atoms with Gasteiger partial charge in [-0.15, -0.1) is 0 Å². The van der Waals surface area contributed by atoms with Crippen LogP contribution in [0.5, 0.6) is 0 Å². The van der Waals surface area contributed by atoms with Gasteiger partial charge in [-0.2, -0.15) is 0 Å². The van der Waals surface area contributed by atoms with Crippen molar-refractivity contribution >= 4 is 5.91 Å². The highest BCUT2D eigenvalue weighted by molar-refractivity contribution is 5.75. The maximum absolute atomic E-state index is 11.4. The van der Waals surface area contributed by atoms with E-state index in [2.05, 4.69) is 12.2 Å². The van der Waals surface area contributed by atoms with Gasteiger partial charge in [0.05, 0.1) is 24.9 Å². The first-order chi connectivity index (χ1) is 13.5. The lowest BCUT2D eigenvalue weighted by atomic mass is 9.89. The van der Waals surface area contributed by atoms with Crippen molar-refractivity contribution in [3.05, 3.63) is 24.3 Å². The van der Waals surface area contributed by atoms with Crippen molar-refractivity contribution in [1.29, 1.82) is 0 Å². The van der Waals surface area contributed by atoms with Crippen molar-refractivity contribution < 1.29 is 25.2 Å². The molecule has 5 N–H and O–H groups in total. The second-order valence-corrected chi connectivity index (χ2v) is 7.73. The Kier molecular flexibility index (Phi) is 13.1. The third-order valence-electron chi connectivity index (χ3n) is 5.36. The highest BCUT2D eigenvalue weighted by atomic mass is 16.3. The van der Waals surface area contributed by atoms with Crippen LogP contribution in [0.25, 0.3) is 0 Å². The highest BCUT2D eigenvalue weighted by Gasteiger charge is 2.39. The van der Waals surface area contributed by atoms with E-state index >= 15 is 0 Å². The fraction of sp³-hybridized carbons (Fsp3) is 0.773. The van der Waals surface area contributed by atoms with Gasteiger partial charge in [-0.25, -0.2) is 0 Å². The predicted octanol–water partition coefficient (Wildman–Crippen LogP) is 2.07. The fourth-order valence-electron chi connectivity index (χ4n) is 3.70. The number of nitrogens with one attached hydrogen (secondary N) is 1. The van der Waals surface area contributed by atoms with Gasteiger partial charge in [0.2, 0.25) is 5.91 Å². The smallest absolute Gasteiger partial charge is 0.220 e. The summed E-state index contributed by atoms with van der Waals surface area (Å²) in [6, 6.07) is 0. The number of carbonyl (C=O) groups excluding carboxylic acids is 1. The number of carbonyl (C=O) groups is 1. The Morgan fingerprint density at radius 3 is 2.68 bits per heavy atom. The molecule has 0 aliphatic heterocycles. The lowest BCUT2D eigenvalue weighted by molar-refractivity contribution is -0.121.